The number of benzene rings is 4. The van der Waals surface area contributed by atoms with Crippen molar-refractivity contribution in [2.45, 2.75) is 19.5 Å². The summed E-state index contributed by atoms with van der Waals surface area (Å²) in [6.07, 6.45) is 0. The number of aromatic carboxylic acids is 6. The zero-order valence-corrected chi connectivity index (χ0v) is 27.7. The molecule has 2 unspecified atom stereocenters. The molecule has 268 valence electrons. The highest BCUT2D eigenvalue weighted by molar-refractivity contribution is 8.02. The van der Waals surface area contributed by atoms with Crippen molar-refractivity contribution in [3.63, 3.8) is 0 Å². The molecule has 4 aromatic rings. The van der Waals surface area contributed by atoms with E-state index in [-0.39, 0.29) is 43.4 Å². The lowest BCUT2D eigenvalue weighted by Crippen LogP contribution is -2.46. The Morgan fingerprint density at radius 1 is 0.453 bits per heavy atom. The fourth-order valence-corrected chi connectivity index (χ4v) is 8.06. The van der Waals surface area contributed by atoms with Gasteiger partial charge in [0.2, 0.25) is 9.74 Å². The van der Waals surface area contributed by atoms with E-state index in [9.17, 15) is 69.0 Å². The largest absolute Gasteiger partial charge is 0.478 e. The maximum absolute atomic E-state index is 14.4. The SMILES string of the molecule is O=C(O)c1ccc2c(c1)NC(C(=O)OC(=O)C1(c3ccc(C(=O)O)c(C(=O)O)c3)Nc3cc(C(=O)O)ccc3S1)(c1ccc(C(=O)O)c(C(=O)O)c1)S2. The van der Waals surface area contributed by atoms with Crippen molar-refractivity contribution in [3.8, 4) is 0 Å². The number of rotatable bonds is 10. The van der Waals surface area contributed by atoms with Crippen LogP contribution in [0.1, 0.15) is 73.3 Å². The second kappa shape index (κ2) is 13.0. The molecule has 53 heavy (non-hydrogen) atoms. The van der Waals surface area contributed by atoms with Gasteiger partial charge in [-0.05, 0) is 60.7 Å². The van der Waals surface area contributed by atoms with E-state index in [1.165, 1.54) is 24.3 Å². The van der Waals surface area contributed by atoms with Gasteiger partial charge in [-0.1, -0.05) is 35.7 Å². The minimum atomic E-state index is -2.27. The Hall–Kier alpha value is -6.86. The van der Waals surface area contributed by atoms with Crippen molar-refractivity contribution in [1.82, 2.24) is 0 Å². The molecule has 0 fully saturated rings. The number of carbonyl (C=O) groups is 8. The number of hydrogen-bond acceptors (Lipinski definition) is 13. The molecule has 2 aliphatic rings. The second-order valence-corrected chi connectivity index (χ2v) is 13.8. The molecule has 17 nitrogen and oxygen atoms in total. The van der Waals surface area contributed by atoms with Gasteiger partial charge >= 0.3 is 47.8 Å². The fraction of sp³-hybridized carbons (Fsp3) is 0.0588. The van der Waals surface area contributed by atoms with Crippen LogP contribution in [-0.4, -0.2) is 78.4 Å². The first kappa shape index (κ1) is 35.9. The minimum absolute atomic E-state index is 0.0468. The van der Waals surface area contributed by atoms with Crippen molar-refractivity contribution < 1.29 is 73.7 Å². The van der Waals surface area contributed by atoms with E-state index in [2.05, 4.69) is 10.6 Å². The standard InChI is InChI=1S/C34H20N2O15S2/c37-25(38)13-1-7-23-21(9-13)35-33(52-23,15-3-5-17(27(41)42)19(11-15)29(45)46)31(49)51-32(50)34(16-4-6-18(28(43)44)20(12-16)30(47)48)36-22-10-14(26(39)40)2-8-24(22)53-34/h1-12,35-36H,(H,37,38)(H,39,40)(H,41,42)(H,43,44)(H,45,46)(H,47,48). The number of esters is 2. The van der Waals surface area contributed by atoms with Crippen LogP contribution in [-0.2, 0) is 24.1 Å². The Morgan fingerprint density at radius 3 is 1.13 bits per heavy atom. The van der Waals surface area contributed by atoms with E-state index in [4.69, 9.17) is 4.74 Å². The normalized spacial score (nSPS) is 18.0. The number of carbonyl (C=O) groups excluding carboxylic acids is 2. The van der Waals surface area contributed by atoms with Crippen molar-refractivity contribution in [2.75, 3.05) is 10.6 Å². The highest BCUT2D eigenvalue weighted by Gasteiger charge is 2.54. The van der Waals surface area contributed by atoms with E-state index in [0.29, 0.717) is 23.5 Å². The van der Waals surface area contributed by atoms with Crippen LogP contribution in [0, 0.1) is 0 Å². The zero-order chi connectivity index (χ0) is 38.6. The smallest absolute Gasteiger partial charge is 0.355 e. The van der Waals surface area contributed by atoms with Crippen LogP contribution in [0.25, 0.3) is 0 Å². The quantitative estimate of drug-likeness (QED) is 0.0821. The van der Waals surface area contributed by atoms with Gasteiger partial charge in [-0.3, -0.25) is 0 Å². The molecule has 0 aliphatic carbocycles. The van der Waals surface area contributed by atoms with Gasteiger partial charge in [-0.2, -0.15) is 0 Å². The van der Waals surface area contributed by atoms with E-state index in [0.717, 1.165) is 48.5 Å². The van der Waals surface area contributed by atoms with Gasteiger partial charge < -0.3 is 46.0 Å². The Labute approximate surface area is 303 Å². The first-order valence-corrected chi connectivity index (χ1v) is 16.3. The summed E-state index contributed by atoms with van der Waals surface area (Å²) in [6.45, 7) is 0. The number of carboxylic acids is 6. The first-order valence-electron chi connectivity index (χ1n) is 14.7. The number of nitrogens with one attached hydrogen (secondary N) is 2. The highest BCUT2D eigenvalue weighted by atomic mass is 32.2. The summed E-state index contributed by atoms with van der Waals surface area (Å²) < 4.78 is 5.50. The average Bonchev–Trinajstić information content (AvgIpc) is 3.71. The van der Waals surface area contributed by atoms with Gasteiger partial charge in [0.25, 0.3) is 0 Å². The monoisotopic (exact) mass is 760 g/mol. The zero-order valence-electron chi connectivity index (χ0n) is 26.1. The highest BCUT2D eigenvalue weighted by Crippen LogP contribution is 2.55. The van der Waals surface area contributed by atoms with Crippen LogP contribution < -0.4 is 10.6 Å². The number of anilines is 2. The summed E-state index contributed by atoms with van der Waals surface area (Å²) in [4.78, 5) is 96.1. The number of carboxylic acid groups (broad SMARTS) is 6. The van der Waals surface area contributed by atoms with Crippen molar-refractivity contribution in [1.29, 1.82) is 0 Å². The molecule has 0 saturated heterocycles. The van der Waals surface area contributed by atoms with Gasteiger partial charge in [-0.15, -0.1) is 0 Å². The van der Waals surface area contributed by atoms with Crippen LogP contribution >= 0.6 is 23.5 Å². The molecule has 0 amide bonds. The molecule has 6 rings (SSSR count). The molecule has 0 saturated carbocycles. The second-order valence-electron chi connectivity index (χ2n) is 11.3. The molecule has 19 heteroatoms. The average molecular weight is 761 g/mol. The van der Waals surface area contributed by atoms with Gasteiger partial charge in [0, 0.05) is 20.9 Å². The summed E-state index contributed by atoms with van der Waals surface area (Å²) in [5.41, 5.74) is -3.57. The molecule has 2 aliphatic heterocycles. The van der Waals surface area contributed by atoms with Gasteiger partial charge in [0.1, 0.15) is 0 Å². The van der Waals surface area contributed by atoms with Crippen LogP contribution in [0.2, 0.25) is 0 Å². The summed E-state index contributed by atoms with van der Waals surface area (Å²) >= 11 is 1.35. The maximum atomic E-state index is 14.4. The van der Waals surface area contributed by atoms with E-state index in [1.807, 2.05) is 0 Å². The Morgan fingerprint density at radius 2 is 0.811 bits per heavy atom. The van der Waals surface area contributed by atoms with Gasteiger partial charge in [-0.25, -0.2) is 38.4 Å². The van der Waals surface area contributed by atoms with E-state index in [1.54, 1.807) is 0 Å². The van der Waals surface area contributed by atoms with Gasteiger partial charge in [0.15, 0.2) is 0 Å². The molecule has 0 radical (unpaired) electrons. The third kappa shape index (κ3) is 6.12. The number of hydrogen-bond donors (Lipinski definition) is 8. The predicted octanol–water partition coefficient (Wildman–Crippen LogP) is 4.39. The topological polar surface area (TPSA) is 291 Å². The maximum Gasteiger partial charge on any atom is 0.355 e. The summed E-state index contributed by atoms with van der Waals surface area (Å²) in [7, 11) is 0. The summed E-state index contributed by atoms with van der Waals surface area (Å²) in [5, 5.41) is 63.5. The molecule has 0 spiro atoms. The van der Waals surface area contributed by atoms with E-state index < -0.39 is 79.8 Å². The lowest BCUT2D eigenvalue weighted by Gasteiger charge is -2.31. The molecule has 8 N–H and O–H groups in total. The van der Waals surface area contributed by atoms with Crippen molar-refractivity contribution in [3.05, 3.63) is 117 Å². The van der Waals surface area contributed by atoms with Crippen LogP contribution in [0.5, 0.6) is 0 Å². The van der Waals surface area contributed by atoms with Crippen molar-refractivity contribution in [2.24, 2.45) is 0 Å². The number of thioether (sulfide) groups is 2. The molecule has 0 bridgehead atoms. The Kier molecular flexibility index (Phi) is 8.84. The number of ether oxygens (including phenoxy) is 1. The fourth-order valence-electron chi connectivity index (χ4n) is 5.62. The van der Waals surface area contributed by atoms with Gasteiger partial charge in [0.05, 0.1) is 44.8 Å². The molecule has 0 aromatic heterocycles. The Bertz CT molecular complexity index is 2210. The summed E-state index contributed by atoms with van der Waals surface area (Å²) in [5.74, 6) is -12.1. The molecule has 2 atom stereocenters. The molecule has 4 aromatic carbocycles. The number of fused-ring (bicyclic) bond motifs is 2. The minimum Gasteiger partial charge on any atom is -0.478 e. The van der Waals surface area contributed by atoms with Crippen LogP contribution in [0.3, 0.4) is 0 Å². The molecular weight excluding hydrogens is 741 g/mol. The Balaban J connectivity index is 1.49. The predicted molar refractivity (Wildman–Crippen MR) is 181 cm³/mol. The third-order valence-electron chi connectivity index (χ3n) is 8.13. The third-order valence-corrected chi connectivity index (χ3v) is 10.9. The first-order chi connectivity index (χ1) is 25.0. The van der Waals surface area contributed by atoms with E-state index >= 15 is 0 Å². The van der Waals surface area contributed by atoms with Crippen molar-refractivity contribution >= 4 is 82.7 Å². The molecular formula is C34H20N2O15S2. The summed E-state index contributed by atoms with van der Waals surface area (Å²) in [6, 6.07) is 13.2. The van der Waals surface area contributed by atoms with Crippen LogP contribution in [0.15, 0.2) is 82.6 Å². The lowest BCUT2D eigenvalue weighted by atomic mass is 9.97. The molecule has 2 heterocycles. The van der Waals surface area contributed by atoms with Crippen LogP contribution in [0.4, 0.5) is 11.4 Å². The lowest BCUT2D eigenvalue weighted by molar-refractivity contribution is -0.162.